The van der Waals surface area contributed by atoms with Crippen molar-refractivity contribution in [1.29, 1.82) is 0 Å². The van der Waals surface area contributed by atoms with Crippen LogP contribution in [0.4, 0.5) is 0 Å². The summed E-state index contributed by atoms with van der Waals surface area (Å²) >= 11 is 0. The molecule has 0 aliphatic heterocycles. The maximum atomic E-state index is 12.5. The Morgan fingerprint density at radius 2 is 1.77 bits per heavy atom. The lowest BCUT2D eigenvalue weighted by molar-refractivity contribution is -0.113. The molecule has 0 saturated carbocycles. The molecule has 0 aromatic heterocycles. The number of hydrogen-bond acceptors (Lipinski definition) is 4. The van der Waals surface area contributed by atoms with E-state index in [0.717, 1.165) is 5.56 Å². The number of hydrogen-bond donors (Lipinski definition) is 1. The second kappa shape index (κ2) is 6.72. The van der Waals surface area contributed by atoms with E-state index in [1.807, 2.05) is 18.2 Å². The summed E-state index contributed by atoms with van der Waals surface area (Å²) in [6.45, 7) is 1.33. The number of Topliss-reactive ketones (excluding diaryl/α,β-unsaturated/α-hetero) is 2. The molecular formula is C18H16O4. The highest BCUT2D eigenvalue weighted by molar-refractivity contribution is 6.29. The molecule has 0 atom stereocenters. The zero-order valence-electron chi connectivity index (χ0n) is 12.4. The Kier molecular flexibility index (Phi) is 4.73. The highest BCUT2D eigenvalue weighted by atomic mass is 16.5. The summed E-state index contributed by atoms with van der Waals surface area (Å²) in [6.07, 6.45) is 1.52. The van der Waals surface area contributed by atoms with Gasteiger partial charge >= 0.3 is 0 Å². The van der Waals surface area contributed by atoms with E-state index in [4.69, 9.17) is 4.74 Å². The highest BCUT2D eigenvalue weighted by Crippen LogP contribution is 2.26. The number of phenolic OH excluding ortho intramolecular Hbond substituents is 1. The smallest absolute Gasteiger partial charge is 0.200 e. The van der Waals surface area contributed by atoms with Gasteiger partial charge in [0.05, 0.1) is 18.2 Å². The molecule has 22 heavy (non-hydrogen) atoms. The van der Waals surface area contributed by atoms with Crippen molar-refractivity contribution < 1.29 is 19.4 Å². The third kappa shape index (κ3) is 3.41. The first-order valence-electron chi connectivity index (χ1n) is 6.72. The van der Waals surface area contributed by atoms with Gasteiger partial charge in [-0.25, -0.2) is 0 Å². The molecule has 0 bridgehead atoms. The number of allylic oxidation sites excluding steroid dienone is 1. The van der Waals surface area contributed by atoms with Crippen LogP contribution in [0.3, 0.4) is 0 Å². The first kappa shape index (κ1) is 15.5. The van der Waals surface area contributed by atoms with Gasteiger partial charge in [-0.2, -0.15) is 0 Å². The molecule has 2 aromatic carbocycles. The fourth-order valence-electron chi connectivity index (χ4n) is 2.02. The van der Waals surface area contributed by atoms with Gasteiger partial charge in [0, 0.05) is 6.07 Å². The van der Waals surface area contributed by atoms with Gasteiger partial charge in [-0.1, -0.05) is 30.3 Å². The average molecular weight is 296 g/mol. The van der Waals surface area contributed by atoms with E-state index in [9.17, 15) is 14.7 Å². The molecule has 1 N–H and O–H groups in total. The van der Waals surface area contributed by atoms with Gasteiger partial charge in [0.15, 0.2) is 11.6 Å². The van der Waals surface area contributed by atoms with Gasteiger partial charge in [0.25, 0.3) is 0 Å². The van der Waals surface area contributed by atoms with Crippen molar-refractivity contribution in [1.82, 2.24) is 0 Å². The van der Waals surface area contributed by atoms with Gasteiger partial charge in [-0.15, -0.1) is 0 Å². The van der Waals surface area contributed by atoms with E-state index >= 15 is 0 Å². The largest absolute Gasteiger partial charge is 0.507 e. The number of benzene rings is 2. The summed E-state index contributed by atoms with van der Waals surface area (Å²) in [5, 5.41) is 9.95. The van der Waals surface area contributed by atoms with Crippen LogP contribution in [0.1, 0.15) is 22.8 Å². The molecule has 0 spiro atoms. The first-order valence-corrected chi connectivity index (χ1v) is 6.72. The maximum absolute atomic E-state index is 12.5. The average Bonchev–Trinajstić information content (AvgIpc) is 2.52. The first-order chi connectivity index (χ1) is 10.5. The van der Waals surface area contributed by atoms with Gasteiger partial charge in [0.1, 0.15) is 11.5 Å². The Bertz CT molecular complexity index is 730. The molecule has 0 unspecified atom stereocenters. The quantitative estimate of drug-likeness (QED) is 0.398. The van der Waals surface area contributed by atoms with Gasteiger partial charge in [-0.3, -0.25) is 9.59 Å². The number of aromatic hydroxyl groups is 1. The molecule has 0 radical (unpaired) electrons. The van der Waals surface area contributed by atoms with E-state index in [1.54, 1.807) is 18.2 Å². The van der Waals surface area contributed by atoms with E-state index in [1.165, 1.54) is 32.2 Å². The number of ketones is 2. The fraction of sp³-hybridized carbons (Fsp3) is 0.111. The molecule has 4 heteroatoms. The summed E-state index contributed by atoms with van der Waals surface area (Å²) in [5.74, 6) is -0.657. The van der Waals surface area contributed by atoms with Crippen LogP contribution in [0, 0.1) is 0 Å². The summed E-state index contributed by atoms with van der Waals surface area (Å²) in [4.78, 5) is 24.3. The molecule has 4 nitrogen and oxygen atoms in total. The van der Waals surface area contributed by atoms with Crippen molar-refractivity contribution >= 4 is 17.6 Å². The number of phenols is 1. The molecule has 2 aromatic rings. The predicted molar refractivity (Wildman–Crippen MR) is 84.1 cm³/mol. The number of methoxy groups -OCH3 is 1. The SMILES string of the molecule is COc1ccc(C(=O)/C(=C/c2ccccc2)C(C)=O)c(O)c1. The Labute approximate surface area is 128 Å². The zero-order valence-corrected chi connectivity index (χ0v) is 12.4. The lowest BCUT2D eigenvalue weighted by Gasteiger charge is -2.07. The van der Waals surface area contributed by atoms with Gasteiger partial charge in [0.2, 0.25) is 0 Å². The molecule has 0 fully saturated rings. The topological polar surface area (TPSA) is 63.6 Å². The Morgan fingerprint density at radius 3 is 2.32 bits per heavy atom. The zero-order chi connectivity index (χ0) is 16.1. The standard InChI is InChI=1S/C18H16O4/c1-12(19)16(10-13-6-4-3-5-7-13)18(21)15-9-8-14(22-2)11-17(15)20/h3-11,20H,1-2H3/b16-10+. The van der Waals surface area contributed by atoms with Crippen LogP contribution in [0.2, 0.25) is 0 Å². The minimum Gasteiger partial charge on any atom is -0.507 e. The second-order valence-corrected chi connectivity index (χ2v) is 4.74. The van der Waals surface area contributed by atoms with E-state index in [0.29, 0.717) is 5.75 Å². The molecule has 0 aliphatic rings. The highest BCUT2D eigenvalue weighted by Gasteiger charge is 2.20. The van der Waals surface area contributed by atoms with Crippen molar-refractivity contribution in [2.45, 2.75) is 6.92 Å². The number of carbonyl (C=O) groups excluding carboxylic acids is 2. The summed E-state index contributed by atoms with van der Waals surface area (Å²) in [5.41, 5.74) is 0.832. The summed E-state index contributed by atoms with van der Waals surface area (Å²) in [6, 6.07) is 13.4. The molecule has 0 aliphatic carbocycles. The van der Waals surface area contributed by atoms with Crippen LogP contribution in [-0.4, -0.2) is 23.8 Å². The van der Waals surface area contributed by atoms with Crippen LogP contribution in [0.15, 0.2) is 54.1 Å². The van der Waals surface area contributed by atoms with Crippen molar-refractivity contribution in [3.05, 3.63) is 65.2 Å². The van der Waals surface area contributed by atoms with Crippen molar-refractivity contribution in [3.63, 3.8) is 0 Å². The number of ether oxygens (including phenoxy) is 1. The molecule has 112 valence electrons. The van der Waals surface area contributed by atoms with E-state index < -0.39 is 5.78 Å². The second-order valence-electron chi connectivity index (χ2n) is 4.74. The van der Waals surface area contributed by atoms with Crippen LogP contribution in [0.5, 0.6) is 11.5 Å². The van der Waals surface area contributed by atoms with Gasteiger partial charge < -0.3 is 9.84 Å². The summed E-state index contributed by atoms with van der Waals surface area (Å²) < 4.78 is 4.98. The molecule has 0 saturated heterocycles. The summed E-state index contributed by atoms with van der Waals surface area (Å²) in [7, 11) is 1.46. The third-order valence-corrected chi connectivity index (χ3v) is 3.18. The fourth-order valence-corrected chi connectivity index (χ4v) is 2.02. The van der Waals surface area contributed by atoms with Crippen molar-refractivity contribution in [2.75, 3.05) is 7.11 Å². The minimum absolute atomic E-state index is 0.0201. The van der Waals surface area contributed by atoms with E-state index in [2.05, 4.69) is 0 Å². The van der Waals surface area contributed by atoms with Gasteiger partial charge in [-0.05, 0) is 30.7 Å². The minimum atomic E-state index is -0.517. The van der Waals surface area contributed by atoms with Crippen LogP contribution >= 0.6 is 0 Å². The Hall–Kier alpha value is -2.88. The van der Waals surface area contributed by atoms with Crippen molar-refractivity contribution in [2.24, 2.45) is 0 Å². The van der Waals surface area contributed by atoms with Crippen LogP contribution in [-0.2, 0) is 4.79 Å². The van der Waals surface area contributed by atoms with Crippen LogP contribution < -0.4 is 4.74 Å². The number of rotatable bonds is 5. The Balaban J connectivity index is 2.44. The van der Waals surface area contributed by atoms with Crippen molar-refractivity contribution in [3.8, 4) is 11.5 Å². The third-order valence-electron chi connectivity index (χ3n) is 3.18. The predicted octanol–water partition coefficient (Wildman–Crippen LogP) is 3.26. The molecule has 0 heterocycles. The maximum Gasteiger partial charge on any atom is 0.200 e. The molecule has 0 amide bonds. The molecular weight excluding hydrogens is 280 g/mol. The normalized spacial score (nSPS) is 11.1. The number of carbonyl (C=O) groups is 2. The lowest BCUT2D eigenvalue weighted by Crippen LogP contribution is -2.10. The monoisotopic (exact) mass is 296 g/mol. The Morgan fingerprint density at radius 1 is 1.09 bits per heavy atom. The van der Waals surface area contributed by atoms with E-state index in [-0.39, 0.29) is 22.7 Å². The lowest BCUT2D eigenvalue weighted by atomic mass is 9.97. The molecule has 2 rings (SSSR count). The van der Waals surface area contributed by atoms with Crippen LogP contribution in [0.25, 0.3) is 6.08 Å².